The van der Waals surface area contributed by atoms with E-state index < -0.39 is 6.10 Å². The largest absolute Gasteiger partial charge is 0.481 e. The van der Waals surface area contributed by atoms with Gasteiger partial charge in [0.05, 0.1) is 0 Å². The Kier molecular flexibility index (Phi) is 3.75. The van der Waals surface area contributed by atoms with E-state index in [1.165, 1.54) is 12.0 Å². The van der Waals surface area contributed by atoms with E-state index in [2.05, 4.69) is 11.4 Å². The van der Waals surface area contributed by atoms with Crippen LogP contribution in [0.1, 0.15) is 18.9 Å². The number of carbonyl (C=O) groups is 1. The predicted octanol–water partition coefficient (Wildman–Crippen LogP) is 1.90. The summed E-state index contributed by atoms with van der Waals surface area (Å²) in [6, 6.07) is 5.99. The van der Waals surface area contributed by atoms with Crippen molar-refractivity contribution < 1.29 is 9.53 Å². The molecule has 1 aromatic carbocycles. The lowest BCUT2D eigenvalue weighted by molar-refractivity contribution is -0.135. The highest BCUT2D eigenvalue weighted by atomic mass is 16.5. The zero-order valence-electron chi connectivity index (χ0n) is 11.2. The number of anilines is 1. The first-order valence-corrected chi connectivity index (χ1v) is 6.32. The van der Waals surface area contributed by atoms with Crippen molar-refractivity contribution in [3.63, 3.8) is 0 Å². The summed E-state index contributed by atoms with van der Waals surface area (Å²) in [6.07, 6.45) is 1.82. The molecule has 1 heterocycles. The van der Waals surface area contributed by atoms with Crippen LogP contribution in [-0.2, 0) is 11.2 Å². The van der Waals surface area contributed by atoms with Crippen LogP contribution in [-0.4, -0.2) is 37.6 Å². The first kappa shape index (κ1) is 12.7. The summed E-state index contributed by atoms with van der Waals surface area (Å²) in [5.41, 5.74) is 2.45. The topological polar surface area (TPSA) is 41.6 Å². The second-order valence-corrected chi connectivity index (χ2v) is 4.84. The molecule has 0 fully saturated rings. The SMILES string of the molecule is CC(Oc1ccc2c(c1)NCCC2)C(=O)N(C)C. The molecule has 1 unspecified atom stereocenters. The molecular weight excluding hydrogens is 228 g/mol. The van der Waals surface area contributed by atoms with Crippen LogP contribution in [0.4, 0.5) is 5.69 Å². The minimum absolute atomic E-state index is 0.0271. The van der Waals surface area contributed by atoms with Gasteiger partial charge in [-0.15, -0.1) is 0 Å². The molecule has 1 aliphatic heterocycles. The van der Waals surface area contributed by atoms with Crippen LogP contribution in [0.2, 0.25) is 0 Å². The van der Waals surface area contributed by atoms with Crippen molar-refractivity contribution in [1.29, 1.82) is 0 Å². The molecule has 0 saturated heterocycles. The average molecular weight is 248 g/mol. The summed E-state index contributed by atoms with van der Waals surface area (Å²) >= 11 is 0. The Balaban J connectivity index is 2.08. The number of rotatable bonds is 3. The van der Waals surface area contributed by atoms with Crippen molar-refractivity contribution in [1.82, 2.24) is 4.90 Å². The van der Waals surface area contributed by atoms with Crippen LogP contribution in [0.5, 0.6) is 5.75 Å². The minimum atomic E-state index is -0.457. The maximum Gasteiger partial charge on any atom is 0.262 e. The zero-order valence-corrected chi connectivity index (χ0v) is 11.2. The number of likely N-dealkylation sites (N-methyl/N-ethyl adjacent to an activating group) is 1. The Morgan fingerprint density at radius 3 is 2.94 bits per heavy atom. The van der Waals surface area contributed by atoms with Crippen molar-refractivity contribution >= 4 is 11.6 Å². The van der Waals surface area contributed by atoms with Crippen molar-refractivity contribution in [3.8, 4) is 5.75 Å². The second kappa shape index (κ2) is 5.29. The van der Waals surface area contributed by atoms with Crippen LogP contribution in [0, 0.1) is 0 Å². The Morgan fingerprint density at radius 1 is 1.44 bits per heavy atom. The van der Waals surface area contributed by atoms with Gasteiger partial charge in [0.2, 0.25) is 0 Å². The van der Waals surface area contributed by atoms with Crippen molar-refractivity contribution in [2.75, 3.05) is 26.0 Å². The van der Waals surface area contributed by atoms with Crippen LogP contribution < -0.4 is 10.1 Å². The number of benzene rings is 1. The lowest BCUT2D eigenvalue weighted by Gasteiger charge is -2.21. The van der Waals surface area contributed by atoms with E-state index in [4.69, 9.17) is 4.74 Å². The van der Waals surface area contributed by atoms with E-state index in [0.717, 1.165) is 24.4 Å². The van der Waals surface area contributed by atoms with Crippen LogP contribution in [0.3, 0.4) is 0 Å². The molecule has 1 amide bonds. The third-order valence-electron chi connectivity index (χ3n) is 3.12. The van der Waals surface area contributed by atoms with Gasteiger partial charge < -0.3 is 15.0 Å². The fraction of sp³-hybridized carbons (Fsp3) is 0.500. The third kappa shape index (κ3) is 2.75. The van der Waals surface area contributed by atoms with Gasteiger partial charge >= 0.3 is 0 Å². The highest BCUT2D eigenvalue weighted by Gasteiger charge is 2.17. The molecule has 18 heavy (non-hydrogen) atoms. The van der Waals surface area contributed by atoms with E-state index in [0.29, 0.717) is 0 Å². The molecule has 1 atom stereocenters. The summed E-state index contributed by atoms with van der Waals surface area (Å²) in [5.74, 6) is 0.714. The van der Waals surface area contributed by atoms with E-state index in [9.17, 15) is 4.79 Å². The minimum Gasteiger partial charge on any atom is -0.481 e. The number of aryl methyl sites for hydroxylation is 1. The molecule has 4 nitrogen and oxygen atoms in total. The van der Waals surface area contributed by atoms with Gasteiger partial charge in [-0.1, -0.05) is 6.07 Å². The molecule has 1 aliphatic rings. The number of hydrogen-bond donors (Lipinski definition) is 1. The molecule has 0 spiro atoms. The van der Waals surface area contributed by atoms with Gasteiger partial charge in [0.1, 0.15) is 5.75 Å². The quantitative estimate of drug-likeness (QED) is 0.888. The highest BCUT2D eigenvalue weighted by molar-refractivity contribution is 5.80. The Hall–Kier alpha value is -1.71. The maximum absolute atomic E-state index is 11.7. The Bertz CT molecular complexity index is 443. The number of ether oxygens (including phenoxy) is 1. The van der Waals surface area contributed by atoms with Gasteiger partial charge in [0.15, 0.2) is 6.10 Å². The number of fused-ring (bicyclic) bond motifs is 1. The fourth-order valence-electron chi connectivity index (χ4n) is 2.13. The molecule has 4 heteroatoms. The summed E-state index contributed by atoms with van der Waals surface area (Å²) in [7, 11) is 3.47. The summed E-state index contributed by atoms with van der Waals surface area (Å²) in [4.78, 5) is 13.3. The summed E-state index contributed by atoms with van der Waals surface area (Å²) in [5, 5.41) is 3.35. The summed E-state index contributed by atoms with van der Waals surface area (Å²) < 4.78 is 5.67. The van der Waals surface area contributed by atoms with Crippen LogP contribution in [0.15, 0.2) is 18.2 Å². The van der Waals surface area contributed by atoms with Crippen LogP contribution >= 0.6 is 0 Å². The van der Waals surface area contributed by atoms with Gasteiger partial charge in [-0.25, -0.2) is 0 Å². The Labute approximate surface area is 108 Å². The van der Waals surface area contributed by atoms with Crippen molar-refractivity contribution in [3.05, 3.63) is 23.8 Å². The van der Waals surface area contributed by atoms with E-state index in [-0.39, 0.29) is 5.91 Å². The smallest absolute Gasteiger partial charge is 0.262 e. The second-order valence-electron chi connectivity index (χ2n) is 4.84. The van der Waals surface area contributed by atoms with Crippen molar-refractivity contribution in [2.24, 2.45) is 0 Å². The normalized spacial score (nSPS) is 15.3. The van der Waals surface area contributed by atoms with E-state index in [1.54, 1.807) is 25.9 Å². The lowest BCUT2D eigenvalue weighted by Crippen LogP contribution is -2.35. The first-order chi connectivity index (χ1) is 8.58. The van der Waals surface area contributed by atoms with Gasteiger partial charge in [-0.05, 0) is 31.4 Å². The van der Waals surface area contributed by atoms with Crippen LogP contribution in [0.25, 0.3) is 0 Å². The first-order valence-electron chi connectivity index (χ1n) is 6.32. The number of carbonyl (C=O) groups excluding carboxylic acids is 1. The predicted molar refractivity (Wildman–Crippen MR) is 72.0 cm³/mol. The number of hydrogen-bond acceptors (Lipinski definition) is 3. The number of nitrogens with one attached hydrogen (secondary N) is 1. The molecule has 0 aromatic heterocycles. The van der Waals surface area contributed by atoms with Gasteiger partial charge in [0, 0.05) is 32.4 Å². The molecule has 0 aliphatic carbocycles. The van der Waals surface area contributed by atoms with Gasteiger partial charge in [0.25, 0.3) is 5.91 Å². The standard InChI is InChI=1S/C14H20N2O2/c1-10(14(17)16(2)3)18-12-7-6-11-5-4-8-15-13(11)9-12/h6-7,9-10,15H,4-5,8H2,1-3H3. The van der Waals surface area contributed by atoms with Gasteiger partial charge in [-0.3, -0.25) is 4.79 Å². The monoisotopic (exact) mass is 248 g/mol. The molecule has 0 radical (unpaired) electrons. The maximum atomic E-state index is 11.7. The number of amides is 1. The fourth-order valence-corrected chi connectivity index (χ4v) is 2.13. The van der Waals surface area contributed by atoms with Crippen molar-refractivity contribution in [2.45, 2.75) is 25.9 Å². The Morgan fingerprint density at radius 2 is 2.22 bits per heavy atom. The molecule has 0 saturated carbocycles. The molecule has 98 valence electrons. The lowest BCUT2D eigenvalue weighted by atomic mass is 10.0. The third-order valence-corrected chi connectivity index (χ3v) is 3.12. The van der Waals surface area contributed by atoms with E-state index in [1.807, 2.05) is 12.1 Å². The molecule has 1 N–H and O–H groups in total. The molecule has 0 bridgehead atoms. The van der Waals surface area contributed by atoms with E-state index >= 15 is 0 Å². The molecule has 2 rings (SSSR count). The van der Waals surface area contributed by atoms with Gasteiger partial charge in [-0.2, -0.15) is 0 Å². The molecule has 1 aromatic rings. The molecular formula is C14H20N2O2. The zero-order chi connectivity index (χ0) is 13.1. The average Bonchev–Trinajstić information content (AvgIpc) is 2.37. The number of nitrogens with zero attached hydrogens (tertiary/aromatic N) is 1. The highest BCUT2D eigenvalue weighted by Crippen LogP contribution is 2.27. The summed E-state index contributed by atoms with van der Waals surface area (Å²) in [6.45, 7) is 2.78.